The monoisotopic (exact) mass is 498 g/mol. The van der Waals surface area contributed by atoms with Gasteiger partial charge in [0, 0.05) is 6.20 Å². The third kappa shape index (κ3) is 3.55. The molecule has 3 heterocycles. The Morgan fingerprint density at radius 3 is 2.47 bits per heavy atom. The van der Waals surface area contributed by atoms with Crippen LogP contribution in [0.5, 0.6) is 0 Å². The zero-order valence-electron chi connectivity index (χ0n) is 18.7. The minimum atomic E-state index is -1.56. The molecular formula is C25H15F5N4O2. The molecule has 0 aliphatic carbocycles. The molecule has 0 bridgehead atoms. The second kappa shape index (κ2) is 8.67. The summed E-state index contributed by atoms with van der Waals surface area (Å²) in [5.41, 5.74) is -1.08. The SMILES string of the molecule is CCOC(=O)c1cc(-c2c(F)cnc(F)c2F)cc2c1nc(C)n2-c1ccnc2c(F)ccc(F)c12. The number of nitrogens with zero attached hydrogens (tertiary/aromatic N) is 4. The van der Waals surface area contributed by atoms with Crippen LogP contribution in [-0.2, 0) is 4.74 Å². The fourth-order valence-electron chi connectivity index (χ4n) is 4.18. The Morgan fingerprint density at radius 2 is 1.72 bits per heavy atom. The van der Waals surface area contributed by atoms with E-state index in [1.165, 1.54) is 22.9 Å². The molecule has 0 fully saturated rings. The number of benzene rings is 2. The lowest BCUT2D eigenvalue weighted by molar-refractivity contribution is 0.0528. The minimum Gasteiger partial charge on any atom is -0.462 e. The Bertz CT molecular complexity index is 1700. The van der Waals surface area contributed by atoms with Crippen LogP contribution in [0.2, 0.25) is 0 Å². The summed E-state index contributed by atoms with van der Waals surface area (Å²) in [4.78, 5) is 24.1. The normalized spacial score (nSPS) is 11.4. The van der Waals surface area contributed by atoms with Crippen molar-refractivity contribution in [2.24, 2.45) is 0 Å². The van der Waals surface area contributed by atoms with Crippen molar-refractivity contribution >= 4 is 27.9 Å². The molecule has 0 aliphatic rings. The van der Waals surface area contributed by atoms with Crippen LogP contribution in [0, 0.1) is 36.1 Å². The summed E-state index contributed by atoms with van der Waals surface area (Å²) in [6, 6.07) is 5.68. The Balaban J connectivity index is 1.92. The van der Waals surface area contributed by atoms with E-state index in [4.69, 9.17) is 4.74 Å². The standard InChI is InChI=1S/C25H15F5N4O2/c1-3-36-25(35)13-8-12(19-16(28)10-32-24(30)21(19)29)9-18-22(13)33-11(2)34(18)17-6-7-31-23-15(27)5-4-14(26)20(17)23/h4-10H,3H2,1-2H3. The third-order valence-electron chi connectivity index (χ3n) is 5.65. The highest BCUT2D eigenvalue weighted by Gasteiger charge is 2.25. The Hall–Kier alpha value is -4.41. The van der Waals surface area contributed by atoms with Crippen LogP contribution < -0.4 is 0 Å². The van der Waals surface area contributed by atoms with Gasteiger partial charge in [-0.05, 0) is 49.7 Å². The second-order valence-electron chi connectivity index (χ2n) is 7.78. The Labute approximate surface area is 200 Å². The molecule has 0 atom stereocenters. The molecule has 0 unspecified atom stereocenters. The number of ether oxygens (including phenoxy) is 1. The molecule has 2 aromatic carbocycles. The predicted octanol–water partition coefficient (Wildman–Crippen LogP) is 5.82. The van der Waals surface area contributed by atoms with Gasteiger partial charge in [0.2, 0.25) is 5.95 Å². The predicted molar refractivity (Wildman–Crippen MR) is 120 cm³/mol. The average molecular weight is 498 g/mol. The molecule has 3 aromatic heterocycles. The Kier molecular flexibility index (Phi) is 5.62. The first-order valence-corrected chi connectivity index (χ1v) is 10.7. The first-order valence-electron chi connectivity index (χ1n) is 10.7. The minimum absolute atomic E-state index is 0.00364. The lowest BCUT2D eigenvalue weighted by atomic mass is 10.0. The van der Waals surface area contributed by atoms with E-state index < -0.39 is 40.7 Å². The number of rotatable bonds is 4. The van der Waals surface area contributed by atoms with Gasteiger partial charge in [0.25, 0.3) is 0 Å². The van der Waals surface area contributed by atoms with Gasteiger partial charge in [0.05, 0.1) is 40.5 Å². The van der Waals surface area contributed by atoms with E-state index in [-0.39, 0.29) is 51.2 Å². The molecule has 0 amide bonds. The quantitative estimate of drug-likeness (QED) is 0.178. The molecule has 0 saturated heterocycles. The molecule has 0 N–H and O–H groups in total. The number of hydrogen-bond donors (Lipinski definition) is 0. The zero-order chi connectivity index (χ0) is 25.7. The first kappa shape index (κ1) is 23.3. The highest BCUT2D eigenvalue weighted by molar-refractivity contribution is 6.05. The van der Waals surface area contributed by atoms with Gasteiger partial charge in [-0.3, -0.25) is 9.55 Å². The molecule has 11 heteroatoms. The van der Waals surface area contributed by atoms with E-state index in [9.17, 15) is 26.7 Å². The van der Waals surface area contributed by atoms with Gasteiger partial charge in [0.15, 0.2) is 11.6 Å². The van der Waals surface area contributed by atoms with Gasteiger partial charge < -0.3 is 4.74 Å². The highest BCUT2D eigenvalue weighted by atomic mass is 19.2. The summed E-state index contributed by atoms with van der Waals surface area (Å²) in [5, 5.41) is -0.171. The van der Waals surface area contributed by atoms with Crippen LogP contribution in [-0.4, -0.2) is 32.1 Å². The summed E-state index contributed by atoms with van der Waals surface area (Å²) >= 11 is 0. The molecule has 0 aliphatic heterocycles. The van der Waals surface area contributed by atoms with Gasteiger partial charge in [-0.1, -0.05) is 0 Å². The first-order chi connectivity index (χ1) is 17.2. The molecular weight excluding hydrogens is 483 g/mol. The van der Waals surface area contributed by atoms with E-state index in [1.807, 2.05) is 0 Å². The van der Waals surface area contributed by atoms with Crippen molar-refractivity contribution in [1.29, 1.82) is 0 Å². The highest BCUT2D eigenvalue weighted by Crippen LogP contribution is 2.35. The summed E-state index contributed by atoms with van der Waals surface area (Å²) in [5.74, 6) is -6.41. The maximum absolute atomic E-state index is 14.9. The fraction of sp³-hybridized carbons (Fsp3) is 0.120. The van der Waals surface area contributed by atoms with E-state index in [2.05, 4.69) is 15.0 Å². The van der Waals surface area contributed by atoms with Gasteiger partial charge >= 0.3 is 5.97 Å². The number of aryl methyl sites for hydroxylation is 1. The maximum atomic E-state index is 14.9. The van der Waals surface area contributed by atoms with Crippen molar-refractivity contribution in [3.8, 4) is 16.8 Å². The van der Waals surface area contributed by atoms with Crippen LogP contribution in [0.4, 0.5) is 22.0 Å². The number of hydrogen-bond acceptors (Lipinski definition) is 5. The van der Waals surface area contributed by atoms with Crippen LogP contribution in [0.15, 0.2) is 42.7 Å². The van der Waals surface area contributed by atoms with Gasteiger partial charge in [0.1, 0.15) is 28.5 Å². The lowest BCUT2D eigenvalue weighted by Crippen LogP contribution is -2.07. The number of pyridine rings is 2. The topological polar surface area (TPSA) is 69.9 Å². The number of imidazole rings is 1. The molecule has 5 aromatic rings. The van der Waals surface area contributed by atoms with Gasteiger partial charge in [-0.2, -0.15) is 4.39 Å². The van der Waals surface area contributed by atoms with Gasteiger partial charge in [-0.25, -0.2) is 32.3 Å². The molecule has 5 rings (SSSR count). The lowest BCUT2D eigenvalue weighted by Gasteiger charge is -2.13. The maximum Gasteiger partial charge on any atom is 0.340 e. The van der Waals surface area contributed by atoms with Crippen LogP contribution in [0.3, 0.4) is 0 Å². The van der Waals surface area contributed by atoms with E-state index >= 15 is 0 Å². The molecule has 0 spiro atoms. The molecule has 0 saturated carbocycles. The molecule has 6 nitrogen and oxygen atoms in total. The zero-order valence-corrected chi connectivity index (χ0v) is 18.7. The number of carbonyl (C=O) groups is 1. The number of halogens is 5. The molecule has 36 heavy (non-hydrogen) atoms. The Morgan fingerprint density at radius 1 is 0.972 bits per heavy atom. The summed E-state index contributed by atoms with van der Waals surface area (Å²) in [6.45, 7) is 3.11. The number of aromatic nitrogens is 4. The summed E-state index contributed by atoms with van der Waals surface area (Å²) < 4.78 is 79.0. The third-order valence-corrected chi connectivity index (χ3v) is 5.65. The van der Waals surface area contributed by atoms with Crippen LogP contribution in [0.25, 0.3) is 38.8 Å². The fourth-order valence-corrected chi connectivity index (χ4v) is 4.18. The number of esters is 1. The largest absolute Gasteiger partial charge is 0.462 e. The van der Waals surface area contributed by atoms with E-state index in [1.54, 1.807) is 13.8 Å². The van der Waals surface area contributed by atoms with Gasteiger partial charge in [-0.15, -0.1) is 0 Å². The van der Waals surface area contributed by atoms with Crippen molar-refractivity contribution in [2.45, 2.75) is 13.8 Å². The van der Waals surface area contributed by atoms with Crippen molar-refractivity contribution in [3.05, 3.63) is 83.3 Å². The number of fused-ring (bicyclic) bond motifs is 2. The van der Waals surface area contributed by atoms with E-state index in [0.29, 0.717) is 6.20 Å². The van der Waals surface area contributed by atoms with Crippen LogP contribution in [0.1, 0.15) is 23.1 Å². The number of carbonyl (C=O) groups excluding carboxylic acids is 1. The van der Waals surface area contributed by atoms with Crippen molar-refractivity contribution in [1.82, 2.24) is 19.5 Å². The van der Waals surface area contributed by atoms with Crippen molar-refractivity contribution < 1.29 is 31.5 Å². The smallest absolute Gasteiger partial charge is 0.340 e. The van der Waals surface area contributed by atoms with Crippen LogP contribution >= 0.6 is 0 Å². The second-order valence-corrected chi connectivity index (χ2v) is 7.78. The summed E-state index contributed by atoms with van der Waals surface area (Å²) in [6.07, 6.45) is 1.78. The molecule has 0 radical (unpaired) electrons. The van der Waals surface area contributed by atoms with E-state index in [0.717, 1.165) is 18.2 Å². The summed E-state index contributed by atoms with van der Waals surface area (Å²) in [7, 11) is 0. The molecule has 182 valence electrons. The van der Waals surface area contributed by atoms with Crippen molar-refractivity contribution in [3.63, 3.8) is 0 Å². The average Bonchev–Trinajstić information content (AvgIpc) is 3.19. The van der Waals surface area contributed by atoms with Crippen molar-refractivity contribution in [2.75, 3.05) is 6.61 Å².